The van der Waals surface area contributed by atoms with Crippen LogP contribution in [0.2, 0.25) is 0 Å². The van der Waals surface area contributed by atoms with E-state index in [1.54, 1.807) is 0 Å². The maximum absolute atomic E-state index is 5.27. The number of nitrogens with one attached hydrogen (secondary N) is 1. The van der Waals surface area contributed by atoms with Crippen LogP contribution in [0.25, 0.3) is 0 Å². The number of hydrogen-bond donors (Lipinski definition) is 1. The van der Waals surface area contributed by atoms with Crippen molar-refractivity contribution in [2.75, 3.05) is 13.1 Å². The van der Waals surface area contributed by atoms with Gasteiger partial charge in [-0.25, -0.2) is 0 Å². The maximum atomic E-state index is 5.27. The van der Waals surface area contributed by atoms with Crippen LogP contribution in [-0.4, -0.2) is 23.2 Å². The Morgan fingerprint density at radius 1 is 1.41 bits per heavy atom. The summed E-state index contributed by atoms with van der Waals surface area (Å²) in [7, 11) is 0. The SMILES string of the molecule is CCCCCc1nc(CC2CCCNC2)no1. The van der Waals surface area contributed by atoms with Crippen LogP contribution >= 0.6 is 0 Å². The Hall–Kier alpha value is -0.900. The van der Waals surface area contributed by atoms with E-state index in [0.29, 0.717) is 5.92 Å². The molecule has 1 aromatic heterocycles. The molecule has 0 aliphatic carbocycles. The van der Waals surface area contributed by atoms with Gasteiger partial charge in [-0.3, -0.25) is 0 Å². The van der Waals surface area contributed by atoms with E-state index in [-0.39, 0.29) is 0 Å². The van der Waals surface area contributed by atoms with Gasteiger partial charge in [0.2, 0.25) is 5.89 Å². The molecule has 1 saturated heterocycles. The molecule has 1 aliphatic rings. The first-order valence-corrected chi connectivity index (χ1v) is 6.90. The fraction of sp³-hybridized carbons (Fsp3) is 0.846. The smallest absolute Gasteiger partial charge is 0.226 e. The van der Waals surface area contributed by atoms with E-state index < -0.39 is 0 Å². The van der Waals surface area contributed by atoms with Crippen molar-refractivity contribution in [2.45, 2.75) is 51.9 Å². The van der Waals surface area contributed by atoms with Gasteiger partial charge in [0.25, 0.3) is 0 Å². The highest BCUT2D eigenvalue weighted by Crippen LogP contribution is 2.15. The van der Waals surface area contributed by atoms with Crippen LogP contribution in [0.3, 0.4) is 0 Å². The third-order valence-corrected chi connectivity index (χ3v) is 3.37. The first kappa shape index (κ1) is 12.6. The van der Waals surface area contributed by atoms with E-state index in [1.807, 2.05) is 0 Å². The zero-order valence-electron chi connectivity index (χ0n) is 10.7. The molecule has 0 saturated carbocycles. The second-order valence-corrected chi connectivity index (χ2v) is 4.98. The third kappa shape index (κ3) is 4.11. The van der Waals surface area contributed by atoms with Gasteiger partial charge in [-0.1, -0.05) is 24.9 Å². The van der Waals surface area contributed by atoms with E-state index in [9.17, 15) is 0 Å². The monoisotopic (exact) mass is 237 g/mol. The van der Waals surface area contributed by atoms with Gasteiger partial charge < -0.3 is 9.84 Å². The largest absolute Gasteiger partial charge is 0.339 e. The summed E-state index contributed by atoms with van der Waals surface area (Å²) in [6.45, 7) is 4.46. The van der Waals surface area contributed by atoms with Gasteiger partial charge in [0.1, 0.15) is 0 Å². The quantitative estimate of drug-likeness (QED) is 0.772. The van der Waals surface area contributed by atoms with E-state index in [1.165, 1.54) is 25.7 Å². The number of nitrogens with zero attached hydrogens (tertiary/aromatic N) is 2. The summed E-state index contributed by atoms with van der Waals surface area (Å²) in [5.41, 5.74) is 0. The summed E-state index contributed by atoms with van der Waals surface area (Å²) < 4.78 is 5.27. The zero-order chi connectivity index (χ0) is 11.9. The molecule has 1 unspecified atom stereocenters. The van der Waals surface area contributed by atoms with Crippen molar-refractivity contribution in [3.8, 4) is 0 Å². The van der Waals surface area contributed by atoms with Gasteiger partial charge in [0.15, 0.2) is 5.82 Å². The first-order valence-electron chi connectivity index (χ1n) is 6.90. The average molecular weight is 237 g/mol. The minimum Gasteiger partial charge on any atom is -0.339 e. The van der Waals surface area contributed by atoms with Gasteiger partial charge in [-0.2, -0.15) is 4.98 Å². The molecular formula is C13H23N3O. The van der Waals surface area contributed by atoms with Gasteiger partial charge in [-0.05, 0) is 38.3 Å². The van der Waals surface area contributed by atoms with Gasteiger partial charge in [-0.15, -0.1) is 0 Å². The Labute approximate surface area is 103 Å². The second kappa shape index (κ2) is 6.74. The van der Waals surface area contributed by atoms with Crippen molar-refractivity contribution in [3.05, 3.63) is 11.7 Å². The maximum Gasteiger partial charge on any atom is 0.226 e. The highest BCUT2D eigenvalue weighted by atomic mass is 16.5. The molecule has 2 rings (SSSR count). The summed E-state index contributed by atoms with van der Waals surface area (Å²) in [6, 6.07) is 0. The lowest BCUT2D eigenvalue weighted by Gasteiger charge is -2.20. The summed E-state index contributed by atoms with van der Waals surface area (Å²) in [4.78, 5) is 4.47. The Kier molecular flexibility index (Phi) is 4.98. The van der Waals surface area contributed by atoms with Crippen molar-refractivity contribution >= 4 is 0 Å². The topological polar surface area (TPSA) is 51.0 Å². The van der Waals surface area contributed by atoms with Crippen LogP contribution in [0.1, 0.15) is 50.7 Å². The molecule has 1 atom stereocenters. The third-order valence-electron chi connectivity index (χ3n) is 3.37. The van der Waals surface area contributed by atoms with Crippen molar-refractivity contribution < 1.29 is 4.52 Å². The normalized spacial score (nSPS) is 20.6. The molecule has 1 N–H and O–H groups in total. The highest BCUT2D eigenvalue weighted by molar-refractivity contribution is 4.89. The average Bonchev–Trinajstić information content (AvgIpc) is 2.79. The molecule has 0 amide bonds. The molecule has 17 heavy (non-hydrogen) atoms. The summed E-state index contributed by atoms with van der Waals surface area (Å²) in [5, 5.41) is 7.49. The zero-order valence-corrected chi connectivity index (χ0v) is 10.7. The first-order chi connectivity index (χ1) is 8.38. The standard InChI is InChI=1S/C13H23N3O/c1-2-3-4-7-13-15-12(16-17-13)9-11-6-5-8-14-10-11/h11,14H,2-10H2,1H3. The predicted octanol–water partition coefficient (Wildman–Crippen LogP) is 2.34. The summed E-state index contributed by atoms with van der Waals surface area (Å²) in [6.07, 6.45) is 8.08. The van der Waals surface area contributed by atoms with Gasteiger partial charge >= 0.3 is 0 Å². The number of hydrogen-bond acceptors (Lipinski definition) is 4. The lowest BCUT2D eigenvalue weighted by molar-refractivity contribution is 0.348. The van der Waals surface area contributed by atoms with Crippen molar-refractivity contribution in [1.82, 2.24) is 15.5 Å². The molecule has 0 bridgehead atoms. The molecular weight excluding hydrogens is 214 g/mol. The molecule has 0 aromatic carbocycles. The van der Waals surface area contributed by atoms with Crippen molar-refractivity contribution in [2.24, 2.45) is 5.92 Å². The highest BCUT2D eigenvalue weighted by Gasteiger charge is 2.16. The molecule has 4 heteroatoms. The lowest BCUT2D eigenvalue weighted by Crippen LogP contribution is -2.31. The lowest BCUT2D eigenvalue weighted by atomic mass is 9.96. The van der Waals surface area contributed by atoms with Gasteiger partial charge in [0, 0.05) is 12.8 Å². The van der Waals surface area contributed by atoms with Crippen LogP contribution < -0.4 is 5.32 Å². The Morgan fingerprint density at radius 2 is 2.35 bits per heavy atom. The fourth-order valence-corrected chi connectivity index (χ4v) is 2.36. The number of piperidine rings is 1. The van der Waals surface area contributed by atoms with Gasteiger partial charge in [0.05, 0.1) is 0 Å². The number of unbranched alkanes of at least 4 members (excludes halogenated alkanes) is 2. The molecule has 1 fully saturated rings. The van der Waals surface area contributed by atoms with Crippen LogP contribution in [0.5, 0.6) is 0 Å². The minimum absolute atomic E-state index is 0.685. The molecule has 1 aliphatic heterocycles. The van der Waals surface area contributed by atoms with E-state index in [2.05, 4.69) is 22.4 Å². The molecule has 0 radical (unpaired) electrons. The number of rotatable bonds is 6. The van der Waals surface area contributed by atoms with Crippen LogP contribution in [-0.2, 0) is 12.8 Å². The Bertz CT molecular complexity index is 318. The second-order valence-electron chi connectivity index (χ2n) is 4.98. The molecule has 1 aromatic rings. The van der Waals surface area contributed by atoms with E-state index >= 15 is 0 Å². The summed E-state index contributed by atoms with van der Waals surface area (Å²) >= 11 is 0. The fourth-order valence-electron chi connectivity index (χ4n) is 2.36. The van der Waals surface area contributed by atoms with Crippen LogP contribution in [0.4, 0.5) is 0 Å². The van der Waals surface area contributed by atoms with Crippen molar-refractivity contribution in [3.63, 3.8) is 0 Å². The van der Waals surface area contributed by atoms with Crippen LogP contribution in [0.15, 0.2) is 4.52 Å². The predicted molar refractivity (Wildman–Crippen MR) is 66.8 cm³/mol. The Balaban J connectivity index is 1.76. The van der Waals surface area contributed by atoms with E-state index in [4.69, 9.17) is 4.52 Å². The summed E-state index contributed by atoms with van der Waals surface area (Å²) in [5.74, 6) is 2.40. The molecule has 96 valence electrons. The van der Waals surface area contributed by atoms with Crippen molar-refractivity contribution in [1.29, 1.82) is 0 Å². The van der Waals surface area contributed by atoms with E-state index in [0.717, 1.165) is 44.1 Å². The van der Waals surface area contributed by atoms with Crippen LogP contribution in [0, 0.1) is 5.92 Å². The molecule has 2 heterocycles. The number of aromatic nitrogens is 2. The minimum atomic E-state index is 0.685. The molecule has 0 spiro atoms. The Morgan fingerprint density at radius 3 is 3.12 bits per heavy atom. The molecule has 4 nitrogen and oxygen atoms in total. The number of aryl methyl sites for hydroxylation is 1.